The topological polar surface area (TPSA) is 70.6 Å². The van der Waals surface area contributed by atoms with Crippen molar-refractivity contribution in [2.45, 2.75) is 13.8 Å². The van der Waals surface area contributed by atoms with Crippen molar-refractivity contribution in [1.29, 1.82) is 0 Å². The molecule has 7 nitrogen and oxygen atoms in total. The number of nitrogens with zero attached hydrogens (tertiary/aromatic N) is 4. The third kappa shape index (κ3) is 4.73. The summed E-state index contributed by atoms with van der Waals surface area (Å²) in [6.07, 6.45) is 3.50. The van der Waals surface area contributed by atoms with Crippen molar-refractivity contribution < 1.29 is 9.53 Å². The zero-order chi connectivity index (χ0) is 22.5. The molecule has 0 spiro atoms. The first-order valence-electron chi connectivity index (χ1n) is 10.5. The van der Waals surface area contributed by atoms with Crippen LogP contribution in [0.3, 0.4) is 0 Å². The van der Waals surface area contributed by atoms with Gasteiger partial charge in [0.25, 0.3) is 0 Å². The second-order valence-electron chi connectivity index (χ2n) is 7.28. The second kappa shape index (κ2) is 10.1. The van der Waals surface area contributed by atoms with Gasteiger partial charge in [-0.25, -0.2) is 14.8 Å². The van der Waals surface area contributed by atoms with Gasteiger partial charge in [-0.1, -0.05) is 30.3 Å². The highest BCUT2D eigenvalue weighted by Gasteiger charge is 2.27. The molecule has 3 aromatic rings. The number of benzene rings is 1. The molecular weight excluding hydrogens is 442 g/mol. The molecule has 166 valence electrons. The summed E-state index contributed by atoms with van der Waals surface area (Å²) in [5.41, 5.74) is 2.42. The summed E-state index contributed by atoms with van der Waals surface area (Å²) in [5, 5.41) is 4.65. The fraction of sp³-hybridized carbons (Fsp3) is 0.304. The van der Waals surface area contributed by atoms with Crippen molar-refractivity contribution in [1.82, 2.24) is 14.9 Å². The summed E-state index contributed by atoms with van der Waals surface area (Å²) < 4.78 is 5.38. The number of nitrogens with one attached hydrogen (secondary N) is 1. The number of thiophene rings is 1. The monoisotopic (exact) mass is 467 g/mol. The first kappa shape index (κ1) is 22.2. The van der Waals surface area contributed by atoms with Crippen LogP contribution in [0.25, 0.3) is 11.1 Å². The largest absolute Gasteiger partial charge is 0.462 e. The Bertz CT molecular complexity index is 1080. The van der Waals surface area contributed by atoms with Crippen molar-refractivity contribution in [2.75, 3.05) is 43.0 Å². The molecule has 0 radical (unpaired) electrons. The lowest BCUT2D eigenvalue weighted by atomic mass is 10.0. The SMILES string of the molecule is CCOC(=O)c1c(NC(=S)N2CCN(c3ncccn3)CC2)sc(C)c1-c1ccccc1. The fourth-order valence-electron chi connectivity index (χ4n) is 3.72. The number of anilines is 2. The number of ether oxygens (including phenoxy) is 1. The van der Waals surface area contributed by atoms with Crippen molar-refractivity contribution in [3.63, 3.8) is 0 Å². The van der Waals surface area contributed by atoms with E-state index in [0.29, 0.717) is 17.3 Å². The van der Waals surface area contributed by atoms with E-state index in [-0.39, 0.29) is 5.97 Å². The van der Waals surface area contributed by atoms with E-state index in [4.69, 9.17) is 17.0 Å². The lowest BCUT2D eigenvalue weighted by molar-refractivity contribution is 0.0529. The molecule has 1 aromatic carbocycles. The number of carbonyl (C=O) groups is 1. The Hall–Kier alpha value is -3.04. The van der Waals surface area contributed by atoms with Crippen LogP contribution in [0, 0.1) is 6.92 Å². The van der Waals surface area contributed by atoms with Crippen LogP contribution in [0.5, 0.6) is 0 Å². The average molecular weight is 468 g/mol. The predicted octanol–water partition coefficient (Wildman–Crippen LogP) is 4.21. The van der Waals surface area contributed by atoms with Crippen molar-refractivity contribution in [3.8, 4) is 11.1 Å². The van der Waals surface area contributed by atoms with Crippen LogP contribution in [0.2, 0.25) is 0 Å². The van der Waals surface area contributed by atoms with E-state index in [1.54, 1.807) is 12.4 Å². The van der Waals surface area contributed by atoms with Gasteiger partial charge >= 0.3 is 5.97 Å². The van der Waals surface area contributed by atoms with Crippen LogP contribution in [0.4, 0.5) is 10.9 Å². The highest BCUT2D eigenvalue weighted by molar-refractivity contribution is 7.80. The van der Waals surface area contributed by atoms with Crippen molar-refractivity contribution in [3.05, 3.63) is 59.2 Å². The summed E-state index contributed by atoms with van der Waals surface area (Å²) in [6.45, 7) is 7.18. The molecule has 3 heterocycles. The van der Waals surface area contributed by atoms with E-state index in [0.717, 1.165) is 53.1 Å². The van der Waals surface area contributed by atoms with E-state index in [9.17, 15) is 4.79 Å². The Morgan fingerprint density at radius 2 is 1.81 bits per heavy atom. The Balaban J connectivity index is 1.52. The normalized spacial score (nSPS) is 13.7. The Morgan fingerprint density at radius 3 is 2.47 bits per heavy atom. The third-order valence-electron chi connectivity index (χ3n) is 5.25. The highest BCUT2D eigenvalue weighted by Crippen LogP contribution is 2.40. The third-order valence-corrected chi connectivity index (χ3v) is 6.63. The number of aromatic nitrogens is 2. The van der Waals surface area contributed by atoms with Crippen LogP contribution >= 0.6 is 23.6 Å². The number of hydrogen-bond acceptors (Lipinski definition) is 7. The van der Waals surface area contributed by atoms with Crippen LogP contribution in [-0.4, -0.2) is 58.7 Å². The molecule has 4 rings (SSSR count). The first-order valence-corrected chi connectivity index (χ1v) is 11.7. The van der Waals surface area contributed by atoms with E-state index < -0.39 is 0 Å². The number of thiocarbonyl (C=S) groups is 1. The van der Waals surface area contributed by atoms with E-state index in [1.165, 1.54) is 11.3 Å². The van der Waals surface area contributed by atoms with Gasteiger partial charge in [0.1, 0.15) is 10.6 Å². The molecule has 2 aromatic heterocycles. The summed E-state index contributed by atoms with van der Waals surface area (Å²) in [7, 11) is 0. The maximum absolute atomic E-state index is 12.9. The number of rotatable bonds is 5. The van der Waals surface area contributed by atoms with E-state index in [2.05, 4.69) is 25.1 Å². The van der Waals surface area contributed by atoms with E-state index >= 15 is 0 Å². The maximum atomic E-state index is 12.9. The number of esters is 1. The van der Waals surface area contributed by atoms with Crippen molar-refractivity contribution in [2.24, 2.45) is 0 Å². The lowest BCUT2D eigenvalue weighted by Crippen LogP contribution is -2.50. The van der Waals surface area contributed by atoms with Gasteiger partial charge < -0.3 is 19.9 Å². The molecule has 0 saturated carbocycles. The van der Waals surface area contributed by atoms with Gasteiger partial charge in [0.15, 0.2) is 5.11 Å². The predicted molar refractivity (Wildman–Crippen MR) is 132 cm³/mol. The van der Waals surface area contributed by atoms with Gasteiger partial charge in [0.2, 0.25) is 5.95 Å². The van der Waals surface area contributed by atoms with Gasteiger partial charge in [0, 0.05) is 49.0 Å². The second-order valence-corrected chi connectivity index (χ2v) is 8.89. The van der Waals surface area contributed by atoms with Crippen LogP contribution in [-0.2, 0) is 4.74 Å². The average Bonchev–Trinajstić information content (AvgIpc) is 3.16. The van der Waals surface area contributed by atoms with Crippen LogP contribution in [0.1, 0.15) is 22.2 Å². The Morgan fingerprint density at radius 1 is 1.12 bits per heavy atom. The van der Waals surface area contributed by atoms with Gasteiger partial charge in [-0.05, 0) is 37.7 Å². The van der Waals surface area contributed by atoms with Gasteiger partial charge in [0.05, 0.1) is 6.61 Å². The smallest absolute Gasteiger partial charge is 0.341 e. The molecule has 1 aliphatic heterocycles. The molecule has 1 fully saturated rings. The maximum Gasteiger partial charge on any atom is 0.341 e. The molecule has 9 heteroatoms. The molecule has 1 aliphatic rings. The van der Waals surface area contributed by atoms with E-state index in [1.807, 2.05) is 50.2 Å². The van der Waals surface area contributed by atoms with Crippen LogP contribution in [0.15, 0.2) is 48.8 Å². The summed E-state index contributed by atoms with van der Waals surface area (Å²) in [5.74, 6) is 0.393. The molecule has 0 amide bonds. The number of piperazine rings is 1. The minimum absolute atomic E-state index is 0.315. The number of hydrogen-bond donors (Lipinski definition) is 1. The Labute approximate surface area is 197 Å². The minimum Gasteiger partial charge on any atom is -0.462 e. The summed E-state index contributed by atoms with van der Waals surface area (Å²) in [4.78, 5) is 26.8. The molecular formula is C23H25N5O2S2. The molecule has 0 atom stereocenters. The van der Waals surface area contributed by atoms with Gasteiger partial charge in [-0.15, -0.1) is 11.3 Å². The lowest BCUT2D eigenvalue weighted by Gasteiger charge is -2.36. The highest BCUT2D eigenvalue weighted by atomic mass is 32.1. The standard InChI is InChI=1S/C23H25N5O2S2/c1-3-30-21(29)19-18(17-8-5-4-6-9-17)16(2)32-20(19)26-23(31)28-14-12-27(13-15-28)22-24-10-7-11-25-22/h4-11H,3,12-15H2,1-2H3,(H,26,31). The molecule has 0 aliphatic carbocycles. The zero-order valence-electron chi connectivity index (χ0n) is 18.1. The molecule has 1 saturated heterocycles. The van der Waals surface area contributed by atoms with Crippen molar-refractivity contribution >= 4 is 45.6 Å². The molecule has 0 bridgehead atoms. The quantitative estimate of drug-likeness (QED) is 0.442. The minimum atomic E-state index is -0.341. The fourth-order valence-corrected chi connectivity index (χ4v) is 5.14. The van der Waals surface area contributed by atoms with Gasteiger partial charge in [-0.3, -0.25) is 0 Å². The molecule has 32 heavy (non-hydrogen) atoms. The Kier molecular flexibility index (Phi) is 6.96. The summed E-state index contributed by atoms with van der Waals surface area (Å²) >= 11 is 7.23. The summed E-state index contributed by atoms with van der Waals surface area (Å²) in [6, 6.07) is 11.7. The van der Waals surface area contributed by atoms with Gasteiger partial charge in [-0.2, -0.15) is 0 Å². The molecule has 1 N–H and O–H groups in total. The first-order chi connectivity index (χ1) is 15.6. The number of carbonyl (C=O) groups excluding carboxylic acids is 1. The molecule has 0 unspecified atom stereocenters. The van der Waals surface area contributed by atoms with Crippen LogP contribution < -0.4 is 10.2 Å². The number of aryl methyl sites for hydroxylation is 1. The zero-order valence-corrected chi connectivity index (χ0v) is 19.7.